The summed E-state index contributed by atoms with van der Waals surface area (Å²) in [7, 11) is 1.58. The van der Waals surface area contributed by atoms with Crippen LogP contribution in [0.4, 0.5) is 0 Å². The van der Waals surface area contributed by atoms with E-state index >= 15 is 0 Å². The molecule has 104 valence electrons. The number of ether oxygens (including phenoxy) is 2. The topological polar surface area (TPSA) is 73.1 Å². The van der Waals surface area contributed by atoms with E-state index in [-0.39, 0.29) is 12.5 Å². The number of furan rings is 1. The van der Waals surface area contributed by atoms with E-state index in [0.717, 1.165) is 11.3 Å². The van der Waals surface area contributed by atoms with Crippen molar-refractivity contribution in [3.05, 3.63) is 48.4 Å². The summed E-state index contributed by atoms with van der Waals surface area (Å²) in [6.07, 6.45) is 4.52. The van der Waals surface area contributed by atoms with E-state index in [1.807, 2.05) is 0 Å². The van der Waals surface area contributed by atoms with Crippen LogP contribution in [0.25, 0.3) is 0 Å². The molecule has 1 aromatic carbocycles. The summed E-state index contributed by atoms with van der Waals surface area (Å²) in [5.74, 6) is 0.965. The molecule has 0 bridgehead atoms. The van der Waals surface area contributed by atoms with Crippen LogP contribution in [0, 0.1) is 0 Å². The van der Waals surface area contributed by atoms with Gasteiger partial charge in [0.2, 0.25) is 0 Å². The molecule has 0 aliphatic carbocycles. The van der Waals surface area contributed by atoms with Gasteiger partial charge in [0.1, 0.15) is 11.5 Å². The predicted octanol–water partition coefficient (Wildman–Crippen LogP) is 1.82. The molecule has 0 saturated heterocycles. The predicted molar refractivity (Wildman–Crippen MR) is 72.9 cm³/mol. The quantitative estimate of drug-likeness (QED) is 0.644. The van der Waals surface area contributed by atoms with Crippen molar-refractivity contribution in [2.75, 3.05) is 13.7 Å². The third-order valence-electron chi connectivity index (χ3n) is 2.38. The van der Waals surface area contributed by atoms with Crippen molar-refractivity contribution in [3.63, 3.8) is 0 Å². The molecule has 0 spiro atoms. The van der Waals surface area contributed by atoms with Crippen molar-refractivity contribution < 1.29 is 18.7 Å². The van der Waals surface area contributed by atoms with Gasteiger partial charge >= 0.3 is 0 Å². The molecule has 1 amide bonds. The average molecular weight is 274 g/mol. The monoisotopic (exact) mass is 274 g/mol. The van der Waals surface area contributed by atoms with Gasteiger partial charge in [0.25, 0.3) is 5.91 Å². The number of hydrazone groups is 1. The first-order chi connectivity index (χ1) is 9.78. The summed E-state index contributed by atoms with van der Waals surface area (Å²) in [6.45, 7) is -0.116. The highest BCUT2D eigenvalue weighted by atomic mass is 16.5. The fourth-order valence-corrected chi connectivity index (χ4v) is 1.38. The van der Waals surface area contributed by atoms with Crippen LogP contribution in [0.5, 0.6) is 11.5 Å². The molecule has 20 heavy (non-hydrogen) atoms. The van der Waals surface area contributed by atoms with Crippen molar-refractivity contribution in [3.8, 4) is 11.5 Å². The van der Waals surface area contributed by atoms with E-state index in [0.29, 0.717) is 5.75 Å². The maximum atomic E-state index is 11.5. The van der Waals surface area contributed by atoms with Gasteiger partial charge in [0.05, 0.1) is 25.9 Å². The number of methoxy groups -OCH3 is 1. The minimum Gasteiger partial charge on any atom is -0.497 e. The van der Waals surface area contributed by atoms with Crippen LogP contribution in [-0.2, 0) is 4.79 Å². The Balaban J connectivity index is 1.74. The number of hydrogen-bond donors (Lipinski definition) is 1. The Labute approximate surface area is 116 Å². The maximum absolute atomic E-state index is 11.5. The van der Waals surface area contributed by atoms with E-state index in [4.69, 9.17) is 13.9 Å². The van der Waals surface area contributed by atoms with Crippen molar-refractivity contribution in [1.29, 1.82) is 0 Å². The summed E-state index contributed by atoms with van der Waals surface area (Å²) in [5.41, 5.74) is 3.12. The van der Waals surface area contributed by atoms with Crippen LogP contribution in [0.2, 0.25) is 0 Å². The highest BCUT2D eigenvalue weighted by molar-refractivity contribution is 5.82. The number of benzene rings is 1. The Morgan fingerprint density at radius 3 is 2.70 bits per heavy atom. The molecule has 1 N–H and O–H groups in total. The first-order valence-electron chi connectivity index (χ1n) is 5.89. The van der Waals surface area contributed by atoms with Crippen LogP contribution in [0.1, 0.15) is 5.56 Å². The number of carbonyl (C=O) groups excluding carboxylic acids is 1. The molecule has 6 nitrogen and oxygen atoms in total. The summed E-state index contributed by atoms with van der Waals surface area (Å²) in [4.78, 5) is 11.5. The molecule has 0 fully saturated rings. The van der Waals surface area contributed by atoms with E-state index < -0.39 is 0 Å². The summed E-state index contributed by atoms with van der Waals surface area (Å²) in [5, 5.41) is 3.77. The highest BCUT2D eigenvalue weighted by Crippen LogP contribution is 2.16. The highest BCUT2D eigenvalue weighted by Gasteiger charge is 2.01. The largest absolute Gasteiger partial charge is 0.497 e. The molecule has 0 saturated carbocycles. The molecule has 2 rings (SSSR count). The molecule has 6 heteroatoms. The van der Waals surface area contributed by atoms with Gasteiger partial charge in [-0.15, -0.1) is 0 Å². The molecule has 1 aromatic heterocycles. The van der Waals surface area contributed by atoms with Gasteiger partial charge in [-0.25, -0.2) is 5.43 Å². The van der Waals surface area contributed by atoms with Crippen molar-refractivity contribution >= 4 is 12.1 Å². The molecular formula is C14H14N2O4. The Morgan fingerprint density at radius 2 is 2.05 bits per heavy atom. The molecule has 0 aliphatic rings. The van der Waals surface area contributed by atoms with E-state index in [9.17, 15) is 4.79 Å². The molecule has 1 heterocycles. The SMILES string of the molecule is COc1ccc(OCC(=O)NN=Cc2ccoc2)cc1. The second kappa shape index (κ2) is 6.98. The first-order valence-corrected chi connectivity index (χ1v) is 5.89. The number of carbonyl (C=O) groups is 1. The molecule has 0 radical (unpaired) electrons. The van der Waals surface area contributed by atoms with Gasteiger partial charge in [-0.2, -0.15) is 5.10 Å². The van der Waals surface area contributed by atoms with E-state index in [1.165, 1.54) is 18.7 Å². The van der Waals surface area contributed by atoms with Crippen LogP contribution in [0.15, 0.2) is 52.4 Å². The standard InChI is InChI=1S/C14H14N2O4/c1-18-12-2-4-13(5-3-12)20-10-14(17)16-15-8-11-6-7-19-9-11/h2-9H,10H2,1H3,(H,16,17). The van der Waals surface area contributed by atoms with Gasteiger partial charge in [0, 0.05) is 5.56 Å². The lowest BCUT2D eigenvalue weighted by molar-refractivity contribution is -0.123. The number of nitrogens with zero attached hydrogens (tertiary/aromatic N) is 1. The molecule has 0 atom stereocenters. The van der Waals surface area contributed by atoms with Gasteiger partial charge < -0.3 is 13.9 Å². The van der Waals surface area contributed by atoms with Crippen molar-refractivity contribution in [2.45, 2.75) is 0 Å². The van der Waals surface area contributed by atoms with E-state index in [1.54, 1.807) is 37.4 Å². The second-order valence-corrected chi connectivity index (χ2v) is 3.81. The Bertz CT molecular complexity index is 561. The number of hydrogen-bond acceptors (Lipinski definition) is 5. The maximum Gasteiger partial charge on any atom is 0.277 e. The summed E-state index contributed by atoms with van der Waals surface area (Å²) < 4.78 is 15.2. The second-order valence-electron chi connectivity index (χ2n) is 3.81. The third-order valence-corrected chi connectivity index (χ3v) is 2.38. The molecular weight excluding hydrogens is 260 g/mol. The zero-order chi connectivity index (χ0) is 14.2. The molecule has 0 aliphatic heterocycles. The number of rotatable bonds is 6. The minimum atomic E-state index is -0.347. The molecule has 2 aromatic rings. The lowest BCUT2D eigenvalue weighted by Crippen LogP contribution is -2.24. The third kappa shape index (κ3) is 4.16. The molecule has 0 unspecified atom stereocenters. The number of amides is 1. The average Bonchev–Trinajstić information content (AvgIpc) is 2.99. The van der Waals surface area contributed by atoms with Crippen LogP contribution in [0.3, 0.4) is 0 Å². The fourth-order valence-electron chi connectivity index (χ4n) is 1.38. The van der Waals surface area contributed by atoms with Crippen molar-refractivity contribution in [2.24, 2.45) is 5.10 Å². The summed E-state index contributed by atoms with van der Waals surface area (Å²) in [6, 6.07) is 8.68. The zero-order valence-corrected chi connectivity index (χ0v) is 10.9. The zero-order valence-electron chi connectivity index (χ0n) is 10.9. The van der Waals surface area contributed by atoms with Crippen molar-refractivity contribution in [1.82, 2.24) is 5.43 Å². The van der Waals surface area contributed by atoms with Crippen LogP contribution in [-0.4, -0.2) is 25.8 Å². The van der Waals surface area contributed by atoms with E-state index in [2.05, 4.69) is 10.5 Å². The Kier molecular flexibility index (Phi) is 4.77. The fraction of sp³-hybridized carbons (Fsp3) is 0.143. The lowest BCUT2D eigenvalue weighted by Gasteiger charge is -2.05. The summed E-state index contributed by atoms with van der Waals surface area (Å²) >= 11 is 0. The smallest absolute Gasteiger partial charge is 0.277 e. The van der Waals surface area contributed by atoms with Gasteiger partial charge in [-0.05, 0) is 30.3 Å². The normalized spacial score (nSPS) is 10.4. The number of nitrogens with one attached hydrogen (secondary N) is 1. The Morgan fingerprint density at radius 1 is 1.30 bits per heavy atom. The van der Waals surface area contributed by atoms with Crippen LogP contribution < -0.4 is 14.9 Å². The minimum absolute atomic E-state index is 0.116. The van der Waals surface area contributed by atoms with Gasteiger partial charge in [-0.3, -0.25) is 4.79 Å². The van der Waals surface area contributed by atoms with Gasteiger partial charge in [-0.1, -0.05) is 0 Å². The van der Waals surface area contributed by atoms with Crippen LogP contribution >= 0.6 is 0 Å². The first kappa shape index (κ1) is 13.7. The lowest BCUT2D eigenvalue weighted by atomic mass is 10.3. The van der Waals surface area contributed by atoms with Gasteiger partial charge in [0.15, 0.2) is 6.61 Å². The Hall–Kier alpha value is -2.76.